The molecule has 6 aromatic rings. The van der Waals surface area contributed by atoms with Gasteiger partial charge in [0.15, 0.2) is 0 Å². The molecule has 1 aliphatic heterocycles. The molecule has 8 nitrogen and oxygen atoms in total. The van der Waals surface area contributed by atoms with Crippen LogP contribution in [0.5, 0.6) is 0 Å². The normalized spacial score (nSPS) is 14.8. The average molecular weight is 589 g/mol. The Labute approximate surface area is 250 Å². The largest absolute Gasteiger partial charge is 0.342 e. The summed E-state index contributed by atoms with van der Waals surface area (Å²) in [6.45, 7) is 2.97. The Morgan fingerprint density at radius 3 is 2.16 bits per heavy atom. The Bertz CT molecular complexity index is 1980. The highest BCUT2D eigenvalue weighted by molar-refractivity contribution is 7.92. The second-order valence-electron chi connectivity index (χ2n) is 11.3. The third kappa shape index (κ3) is 6.00. The van der Waals surface area contributed by atoms with Crippen molar-refractivity contribution >= 4 is 37.8 Å². The Kier molecular flexibility index (Phi) is 7.12. The second kappa shape index (κ2) is 11.2. The molecule has 1 fully saturated rings. The number of hydrogen-bond acceptors (Lipinski definition) is 6. The first kappa shape index (κ1) is 27.2. The van der Waals surface area contributed by atoms with Crippen molar-refractivity contribution < 1.29 is 8.42 Å². The van der Waals surface area contributed by atoms with Crippen LogP contribution in [0.15, 0.2) is 97.1 Å². The molecule has 2 N–H and O–H groups in total. The number of anilines is 1. The second-order valence-corrected chi connectivity index (χ2v) is 13.0. The molecule has 4 aromatic carbocycles. The molecule has 9 heteroatoms. The van der Waals surface area contributed by atoms with Crippen molar-refractivity contribution in [1.82, 2.24) is 24.8 Å². The monoisotopic (exact) mass is 588 g/mol. The van der Waals surface area contributed by atoms with Gasteiger partial charge in [-0.05, 0) is 61.8 Å². The Balaban J connectivity index is 1.10. The molecule has 216 valence electrons. The average Bonchev–Trinajstić information content (AvgIpc) is 3.45. The number of para-hydroxylation sites is 2. The van der Waals surface area contributed by atoms with Gasteiger partial charge in [-0.2, -0.15) is 0 Å². The highest BCUT2D eigenvalue weighted by Gasteiger charge is 2.23. The van der Waals surface area contributed by atoms with Gasteiger partial charge in [0.05, 0.1) is 45.4 Å². The fourth-order valence-electron chi connectivity index (χ4n) is 5.89. The van der Waals surface area contributed by atoms with E-state index >= 15 is 0 Å². The minimum atomic E-state index is -3.40. The summed E-state index contributed by atoms with van der Waals surface area (Å²) in [4.78, 5) is 20.8. The van der Waals surface area contributed by atoms with Gasteiger partial charge in [-0.1, -0.05) is 66.7 Å². The zero-order chi connectivity index (χ0) is 29.4. The van der Waals surface area contributed by atoms with Crippen LogP contribution in [0.2, 0.25) is 0 Å². The fraction of sp³-hybridized carbons (Fsp3) is 0.206. The molecule has 0 radical (unpaired) electrons. The van der Waals surface area contributed by atoms with E-state index in [0.717, 1.165) is 78.1 Å². The first-order valence-electron chi connectivity index (χ1n) is 14.5. The maximum atomic E-state index is 11.8. The number of nitrogens with one attached hydrogen (secondary N) is 2. The summed E-state index contributed by atoms with van der Waals surface area (Å²) in [7, 11) is -3.40. The Morgan fingerprint density at radius 2 is 1.44 bits per heavy atom. The van der Waals surface area contributed by atoms with Crippen molar-refractivity contribution in [2.75, 3.05) is 24.1 Å². The molecule has 2 aromatic heterocycles. The van der Waals surface area contributed by atoms with Crippen molar-refractivity contribution in [3.8, 4) is 22.5 Å². The highest BCUT2D eigenvalue weighted by Crippen LogP contribution is 2.33. The number of rotatable bonds is 7. The summed E-state index contributed by atoms with van der Waals surface area (Å²) in [5, 5.41) is 0. The summed E-state index contributed by atoms with van der Waals surface area (Å²) in [5.41, 5.74) is 8.68. The van der Waals surface area contributed by atoms with Crippen LogP contribution in [-0.2, 0) is 16.6 Å². The van der Waals surface area contributed by atoms with Crippen LogP contribution in [0, 0.1) is 0 Å². The van der Waals surface area contributed by atoms with Crippen molar-refractivity contribution in [3.63, 3.8) is 0 Å². The highest BCUT2D eigenvalue weighted by atomic mass is 32.2. The maximum absolute atomic E-state index is 11.8. The first-order valence-corrected chi connectivity index (χ1v) is 16.4. The van der Waals surface area contributed by atoms with E-state index < -0.39 is 10.0 Å². The van der Waals surface area contributed by atoms with Crippen molar-refractivity contribution in [2.45, 2.75) is 25.3 Å². The van der Waals surface area contributed by atoms with Gasteiger partial charge in [0.1, 0.15) is 5.82 Å². The zero-order valence-electron chi connectivity index (χ0n) is 23.9. The lowest BCUT2D eigenvalue weighted by atomic mass is 9.95. The van der Waals surface area contributed by atoms with E-state index in [1.165, 1.54) is 5.56 Å². The number of likely N-dealkylation sites (tertiary alicyclic amines) is 1. The molecule has 0 bridgehead atoms. The standard InChI is InChI=1S/C34H32N6O2S/c1-43(41,42)39-27-15-16-30-31(21-27)36-32(24-7-3-2-4-8-24)33(35-30)25-13-11-23(12-14-25)22-40-19-17-26(18-20-40)34-37-28-9-5-6-10-29(28)38-34/h2-16,21,26,39H,17-20,22H2,1H3,(H,37,38). The van der Waals surface area contributed by atoms with Gasteiger partial charge in [0.25, 0.3) is 0 Å². The van der Waals surface area contributed by atoms with Crippen LogP contribution < -0.4 is 4.72 Å². The van der Waals surface area contributed by atoms with Gasteiger partial charge >= 0.3 is 0 Å². The van der Waals surface area contributed by atoms with Gasteiger partial charge < -0.3 is 4.98 Å². The van der Waals surface area contributed by atoms with E-state index in [9.17, 15) is 8.42 Å². The molecule has 0 atom stereocenters. The molecule has 3 heterocycles. The van der Waals surface area contributed by atoms with Gasteiger partial charge in [0.2, 0.25) is 10.0 Å². The smallest absolute Gasteiger partial charge is 0.229 e. The molecule has 7 rings (SSSR count). The predicted molar refractivity (Wildman–Crippen MR) is 172 cm³/mol. The minimum Gasteiger partial charge on any atom is -0.342 e. The SMILES string of the molecule is CS(=O)(=O)Nc1ccc2nc(-c3ccc(CN4CCC(c5nc6ccccc6[nH]5)CC4)cc3)c(-c3ccccc3)nc2c1. The van der Waals surface area contributed by atoms with E-state index in [4.69, 9.17) is 15.0 Å². The van der Waals surface area contributed by atoms with Crippen LogP contribution >= 0.6 is 0 Å². The Morgan fingerprint density at radius 1 is 0.767 bits per heavy atom. The number of imidazole rings is 1. The van der Waals surface area contributed by atoms with Crippen molar-refractivity contribution in [1.29, 1.82) is 0 Å². The summed E-state index contributed by atoms with van der Waals surface area (Å²) in [5.74, 6) is 1.57. The zero-order valence-corrected chi connectivity index (χ0v) is 24.7. The fourth-order valence-corrected chi connectivity index (χ4v) is 6.44. The summed E-state index contributed by atoms with van der Waals surface area (Å²) >= 11 is 0. The third-order valence-corrected chi connectivity index (χ3v) is 8.64. The minimum absolute atomic E-state index is 0.460. The van der Waals surface area contributed by atoms with Crippen LogP contribution in [0.3, 0.4) is 0 Å². The number of fused-ring (bicyclic) bond motifs is 2. The van der Waals surface area contributed by atoms with Crippen LogP contribution in [0.1, 0.15) is 30.1 Å². The lowest BCUT2D eigenvalue weighted by molar-refractivity contribution is 0.202. The van der Waals surface area contributed by atoms with Crippen LogP contribution in [0.25, 0.3) is 44.6 Å². The third-order valence-electron chi connectivity index (χ3n) is 8.03. The van der Waals surface area contributed by atoms with Crippen LogP contribution in [0.4, 0.5) is 5.69 Å². The van der Waals surface area contributed by atoms with E-state index in [2.05, 4.69) is 51.0 Å². The molecule has 0 unspecified atom stereocenters. The van der Waals surface area contributed by atoms with Gasteiger partial charge in [0, 0.05) is 23.6 Å². The number of nitrogens with zero attached hydrogens (tertiary/aromatic N) is 4. The van der Waals surface area contributed by atoms with E-state index in [0.29, 0.717) is 22.6 Å². The number of aromatic amines is 1. The number of H-pyrrole nitrogens is 1. The lowest BCUT2D eigenvalue weighted by Gasteiger charge is -2.31. The summed E-state index contributed by atoms with van der Waals surface area (Å²) in [6.07, 6.45) is 3.31. The Hall–Kier alpha value is -4.60. The van der Waals surface area contributed by atoms with E-state index in [-0.39, 0.29) is 0 Å². The molecule has 1 saturated heterocycles. The van der Waals surface area contributed by atoms with E-state index in [1.54, 1.807) is 18.2 Å². The molecule has 0 aliphatic carbocycles. The number of piperidine rings is 1. The molecular weight excluding hydrogens is 556 g/mol. The first-order chi connectivity index (χ1) is 20.9. The van der Waals surface area contributed by atoms with Crippen molar-refractivity contribution in [2.24, 2.45) is 0 Å². The number of hydrogen-bond donors (Lipinski definition) is 2. The number of aromatic nitrogens is 4. The number of sulfonamides is 1. The van der Waals surface area contributed by atoms with Gasteiger partial charge in [-0.3, -0.25) is 9.62 Å². The number of benzene rings is 4. The topological polar surface area (TPSA) is 104 Å². The molecule has 1 aliphatic rings. The molecule has 0 saturated carbocycles. The lowest BCUT2D eigenvalue weighted by Crippen LogP contribution is -2.32. The molecule has 43 heavy (non-hydrogen) atoms. The van der Waals surface area contributed by atoms with Gasteiger partial charge in [-0.25, -0.2) is 23.4 Å². The summed E-state index contributed by atoms with van der Waals surface area (Å²) in [6, 6.07) is 32.0. The molecule has 0 spiro atoms. The quantitative estimate of drug-likeness (QED) is 0.218. The van der Waals surface area contributed by atoms with Crippen molar-refractivity contribution in [3.05, 3.63) is 108 Å². The summed E-state index contributed by atoms with van der Waals surface area (Å²) < 4.78 is 26.1. The van der Waals surface area contributed by atoms with Crippen LogP contribution in [-0.4, -0.2) is 52.6 Å². The predicted octanol–water partition coefficient (Wildman–Crippen LogP) is 6.59. The van der Waals surface area contributed by atoms with Gasteiger partial charge in [-0.15, -0.1) is 0 Å². The molecular formula is C34H32N6O2S. The van der Waals surface area contributed by atoms with E-state index in [1.807, 2.05) is 42.5 Å². The maximum Gasteiger partial charge on any atom is 0.229 e. The molecule has 0 amide bonds.